The Balaban J connectivity index is 1.83. The number of carbonyl (C=O) groups is 2. The molecule has 0 bridgehead atoms. The number of Topliss-reactive ketones (excluding diaryl/α,β-unsaturated/α-hetero) is 1. The smallest absolute Gasteiger partial charge is 0.255 e. The summed E-state index contributed by atoms with van der Waals surface area (Å²) in [5.41, 5.74) is 5.04. The molecule has 1 aliphatic carbocycles. The Hall–Kier alpha value is -2.38. The number of hydrogen-bond acceptors (Lipinski definition) is 6. The number of aromatic nitrogens is 1. The van der Waals surface area contributed by atoms with Crippen molar-refractivity contribution in [1.82, 2.24) is 10.3 Å². The summed E-state index contributed by atoms with van der Waals surface area (Å²) >= 11 is 3.38. The molecule has 0 spiro atoms. The van der Waals surface area contributed by atoms with E-state index in [4.69, 9.17) is 0 Å². The average Bonchev–Trinajstić information content (AvgIpc) is 3.08. The monoisotopic (exact) mass is 467 g/mol. The van der Waals surface area contributed by atoms with E-state index in [1.165, 1.54) is 4.88 Å². The summed E-state index contributed by atoms with van der Waals surface area (Å²) in [5, 5.41) is 6.38. The Kier molecular flexibility index (Phi) is 6.07. The quantitative estimate of drug-likeness (QED) is 0.563. The second-order valence-electron chi connectivity index (χ2n) is 9.41. The van der Waals surface area contributed by atoms with Crippen LogP contribution in [0.15, 0.2) is 51.1 Å². The highest BCUT2D eigenvalue weighted by atomic mass is 32.2. The zero-order valence-corrected chi connectivity index (χ0v) is 21.0. The van der Waals surface area contributed by atoms with Gasteiger partial charge in [-0.2, -0.15) is 0 Å². The van der Waals surface area contributed by atoms with Crippen LogP contribution in [0.2, 0.25) is 0 Å². The minimum atomic E-state index is -0.382. The Morgan fingerprint density at radius 3 is 2.66 bits per heavy atom. The number of aryl methyl sites for hydroxylation is 2. The molecule has 1 atom stereocenters. The third-order valence-electron chi connectivity index (χ3n) is 5.98. The van der Waals surface area contributed by atoms with Gasteiger partial charge in [-0.1, -0.05) is 19.9 Å². The van der Waals surface area contributed by atoms with Crippen LogP contribution in [-0.4, -0.2) is 22.9 Å². The Morgan fingerprint density at radius 1 is 1.25 bits per heavy atom. The number of nitrogens with zero attached hydrogens (tertiary/aromatic N) is 1. The van der Waals surface area contributed by atoms with Crippen LogP contribution in [0.1, 0.15) is 55.5 Å². The largest absolute Gasteiger partial charge is 0.362 e. The zero-order valence-electron chi connectivity index (χ0n) is 19.4. The van der Waals surface area contributed by atoms with Gasteiger partial charge in [-0.05, 0) is 62.1 Å². The molecule has 0 aromatic carbocycles. The minimum absolute atomic E-state index is 0.105. The van der Waals surface area contributed by atoms with E-state index in [1.807, 2.05) is 26.2 Å². The first-order valence-corrected chi connectivity index (χ1v) is 12.8. The second-order valence-corrected chi connectivity index (χ2v) is 11.7. The first-order chi connectivity index (χ1) is 15.1. The van der Waals surface area contributed by atoms with Crippen molar-refractivity contribution < 1.29 is 9.59 Å². The third kappa shape index (κ3) is 4.28. The molecule has 0 fully saturated rings. The zero-order chi connectivity index (χ0) is 23.2. The maximum absolute atomic E-state index is 13.6. The van der Waals surface area contributed by atoms with Gasteiger partial charge in [0.25, 0.3) is 5.91 Å². The summed E-state index contributed by atoms with van der Waals surface area (Å²) in [4.78, 5) is 32.5. The standard InChI is InChI=1S/C25H29N3O2S2/c1-13-7-8-19(26-12-13)28-23(30)20-15(3)27-17-10-25(4,5)11-18(29)22(17)21(20)16-9-14(2)32-24(16)31-6/h7-9,12,21,27H,10-11H2,1-6H3,(H,26,28,30)/t21-/m1/s1. The molecular formula is C25H29N3O2S2. The van der Waals surface area contributed by atoms with E-state index in [0.29, 0.717) is 17.8 Å². The highest BCUT2D eigenvalue weighted by Crippen LogP contribution is 2.49. The molecule has 7 heteroatoms. The number of thiophene rings is 1. The number of amides is 1. The molecule has 0 saturated heterocycles. The third-order valence-corrected chi connectivity index (χ3v) is 8.20. The lowest BCUT2D eigenvalue weighted by atomic mass is 9.69. The maximum atomic E-state index is 13.6. The van der Waals surface area contributed by atoms with Crippen LogP contribution in [0.25, 0.3) is 0 Å². The first-order valence-electron chi connectivity index (χ1n) is 10.7. The topological polar surface area (TPSA) is 71.1 Å². The van der Waals surface area contributed by atoms with E-state index in [2.05, 4.69) is 42.5 Å². The van der Waals surface area contributed by atoms with Crippen molar-refractivity contribution in [2.24, 2.45) is 5.41 Å². The summed E-state index contributed by atoms with van der Waals surface area (Å²) in [5.74, 6) is 0.0159. The lowest BCUT2D eigenvalue weighted by molar-refractivity contribution is -0.118. The van der Waals surface area contributed by atoms with Crippen LogP contribution in [0, 0.1) is 19.3 Å². The minimum Gasteiger partial charge on any atom is -0.362 e. The van der Waals surface area contributed by atoms with Gasteiger partial charge in [-0.3, -0.25) is 9.59 Å². The molecule has 1 aliphatic heterocycles. The molecule has 2 aromatic heterocycles. The molecule has 4 rings (SSSR count). The average molecular weight is 468 g/mol. The Bertz CT molecular complexity index is 1160. The molecule has 168 valence electrons. The summed E-state index contributed by atoms with van der Waals surface area (Å²) in [7, 11) is 0. The molecule has 0 saturated carbocycles. The lowest BCUT2D eigenvalue weighted by Gasteiger charge is -2.39. The molecule has 0 radical (unpaired) electrons. The SMILES string of the molecule is CSc1sc(C)cc1[C@@H]1C(C(=O)Nc2ccc(C)cn2)=C(C)NC2=C1C(=O)CC(C)(C)C2. The molecule has 5 nitrogen and oxygen atoms in total. The van der Waals surface area contributed by atoms with E-state index in [1.54, 1.807) is 35.4 Å². The van der Waals surface area contributed by atoms with Crippen molar-refractivity contribution in [3.8, 4) is 0 Å². The van der Waals surface area contributed by atoms with Gasteiger partial charge < -0.3 is 10.6 Å². The van der Waals surface area contributed by atoms with Gasteiger partial charge in [0.05, 0.1) is 4.21 Å². The van der Waals surface area contributed by atoms with Crippen LogP contribution >= 0.6 is 23.1 Å². The van der Waals surface area contributed by atoms with Crippen molar-refractivity contribution >= 4 is 40.6 Å². The molecule has 2 N–H and O–H groups in total. The van der Waals surface area contributed by atoms with Crippen molar-refractivity contribution in [2.75, 3.05) is 11.6 Å². The molecule has 32 heavy (non-hydrogen) atoms. The van der Waals surface area contributed by atoms with Gasteiger partial charge >= 0.3 is 0 Å². The summed E-state index contributed by atoms with van der Waals surface area (Å²) in [6.45, 7) is 10.2. The van der Waals surface area contributed by atoms with E-state index < -0.39 is 0 Å². The summed E-state index contributed by atoms with van der Waals surface area (Å²) < 4.78 is 1.14. The van der Waals surface area contributed by atoms with E-state index >= 15 is 0 Å². The number of thioether (sulfide) groups is 1. The molecule has 3 heterocycles. The number of allylic oxidation sites excluding steroid dienone is 3. The Morgan fingerprint density at radius 2 is 2.00 bits per heavy atom. The number of anilines is 1. The number of nitrogens with one attached hydrogen (secondary N) is 2. The predicted octanol–water partition coefficient (Wildman–Crippen LogP) is 5.72. The number of ketones is 1. The summed E-state index contributed by atoms with van der Waals surface area (Å²) in [6.07, 6.45) is 5.04. The molecule has 1 amide bonds. The Labute approximate surface area is 197 Å². The van der Waals surface area contributed by atoms with E-state index in [0.717, 1.165) is 38.7 Å². The number of hydrogen-bond donors (Lipinski definition) is 2. The number of dihydropyridines is 1. The summed E-state index contributed by atoms with van der Waals surface area (Å²) in [6, 6.07) is 5.85. The van der Waals surface area contributed by atoms with Crippen molar-refractivity contribution in [1.29, 1.82) is 0 Å². The van der Waals surface area contributed by atoms with Gasteiger partial charge in [-0.25, -0.2) is 4.98 Å². The van der Waals surface area contributed by atoms with Gasteiger partial charge in [0, 0.05) is 46.0 Å². The number of rotatable bonds is 4. The van der Waals surface area contributed by atoms with Crippen LogP contribution in [0.3, 0.4) is 0 Å². The molecular weight excluding hydrogens is 438 g/mol. The van der Waals surface area contributed by atoms with Gasteiger partial charge in [-0.15, -0.1) is 23.1 Å². The predicted molar refractivity (Wildman–Crippen MR) is 132 cm³/mol. The molecule has 2 aromatic rings. The van der Waals surface area contributed by atoms with Gasteiger partial charge in [0.2, 0.25) is 0 Å². The fourth-order valence-electron chi connectivity index (χ4n) is 4.65. The van der Waals surface area contributed by atoms with Crippen LogP contribution in [-0.2, 0) is 9.59 Å². The molecule has 2 aliphatic rings. The fourth-order valence-corrected chi connectivity index (χ4v) is 6.56. The highest BCUT2D eigenvalue weighted by Gasteiger charge is 2.43. The van der Waals surface area contributed by atoms with Crippen molar-refractivity contribution in [3.63, 3.8) is 0 Å². The van der Waals surface area contributed by atoms with Crippen LogP contribution < -0.4 is 10.6 Å². The van der Waals surface area contributed by atoms with Crippen molar-refractivity contribution in [2.45, 2.75) is 57.6 Å². The van der Waals surface area contributed by atoms with Gasteiger partial charge in [0.1, 0.15) is 5.82 Å². The molecule has 0 unspecified atom stereocenters. The van der Waals surface area contributed by atoms with Crippen LogP contribution in [0.4, 0.5) is 5.82 Å². The van der Waals surface area contributed by atoms with Crippen LogP contribution in [0.5, 0.6) is 0 Å². The highest BCUT2D eigenvalue weighted by molar-refractivity contribution is 8.00. The fraction of sp³-hybridized carbons (Fsp3) is 0.400. The van der Waals surface area contributed by atoms with E-state index in [-0.39, 0.29) is 23.0 Å². The lowest BCUT2D eigenvalue weighted by Crippen LogP contribution is -2.39. The van der Waals surface area contributed by atoms with Gasteiger partial charge in [0.15, 0.2) is 5.78 Å². The second kappa shape index (κ2) is 8.52. The normalized spacial score (nSPS) is 20.2. The van der Waals surface area contributed by atoms with E-state index in [9.17, 15) is 9.59 Å². The number of carbonyl (C=O) groups excluding carboxylic acids is 2. The van der Waals surface area contributed by atoms with Crippen molar-refractivity contribution in [3.05, 3.63) is 62.9 Å². The number of pyridine rings is 1. The first kappa shape index (κ1) is 22.8. The maximum Gasteiger partial charge on any atom is 0.255 e.